The van der Waals surface area contributed by atoms with E-state index in [0.717, 1.165) is 50.2 Å². The lowest BCUT2D eigenvalue weighted by atomic mass is 10.2. The second kappa shape index (κ2) is 10.7. The van der Waals surface area contributed by atoms with Gasteiger partial charge in [0.25, 0.3) is 0 Å². The van der Waals surface area contributed by atoms with Gasteiger partial charge in [-0.05, 0) is 24.4 Å². The van der Waals surface area contributed by atoms with Crippen LogP contribution in [0, 0.1) is 0 Å². The lowest BCUT2D eigenvalue weighted by Gasteiger charge is -2.31. The third-order valence-electron chi connectivity index (χ3n) is 4.06. The molecule has 0 saturated carbocycles. The molecule has 0 radical (unpaired) electrons. The van der Waals surface area contributed by atoms with Crippen molar-refractivity contribution in [3.8, 4) is 11.5 Å². The van der Waals surface area contributed by atoms with Crippen molar-refractivity contribution in [2.24, 2.45) is 5.11 Å². The molecule has 7 heteroatoms. The van der Waals surface area contributed by atoms with E-state index in [2.05, 4.69) is 28.8 Å². The van der Waals surface area contributed by atoms with Crippen molar-refractivity contribution in [1.29, 1.82) is 0 Å². The maximum absolute atomic E-state index is 8.87. The monoisotopic (exact) mass is 348 g/mol. The van der Waals surface area contributed by atoms with Gasteiger partial charge in [-0.3, -0.25) is 0 Å². The number of morpholine rings is 1. The van der Waals surface area contributed by atoms with Crippen LogP contribution in [-0.4, -0.2) is 39.5 Å². The van der Waals surface area contributed by atoms with Crippen LogP contribution in [-0.2, 0) is 4.74 Å². The summed E-state index contributed by atoms with van der Waals surface area (Å²) < 4.78 is 17.3. The van der Waals surface area contributed by atoms with Gasteiger partial charge in [0.2, 0.25) is 0 Å². The zero-order chi connectivity index (χ0) is 17.9. The molecule has 0 amide bonds. The van der Waals surface area contributed by atoms with Gasteiger partial charge >= 0.3 is 0 Å². The van der Waals surface area contributed by atoms with Gasteiger partial charge in [-0.25, -0.2) is 0 Å². The van der Waals surface area contributed by atoms with Gasteiger partial charge in [-0.15, -0.1) is 0 Å². The topological polar surface area (TPSA) is 79.7 Å². The number of nitrogens with zero attached hydrogens (tertiary/aromatic N) is 4. The standard InChI is InChI=1S/C18H28N4O3/c1-3-5-9-24-17-14-16(22-7-11-23-12-8-22)18(25-10-6-4-2)13-15(17)20-21-19/h13-14H,3-12H2,1-2H3. The third kappa shape index (κ3) is 5.73. The summed E-state index contributed by atoms with van der Waals surface area (Å²) in [6.45, 7) is 8.47. The zero-order valence-electron chi connectivity index (χ0n) is 15.2. The molecule has 1 fully saturated rings. The highest BCUT2D eigenvalue weighted by molar-refractivity contribution is 5.70. The summed E-state index contributed by atoms with van der Waals surface area (Å²) in [5.74, 6) is 1.34. The molecule has 0 spiro atoms. The first-order chi connectivity index (χ1) is 12.3. The van der Waals surface area contributed by atoms with E-state index in [1.54, 1.807) is 6.07 Å². The van der Waals surface area contributed by atoms with Crippen molar-refractivity contribution in [2.45, 2.75) is 39.5 Å². The fourth-order valence-electron chi connectivity index (χ4n) is 2.60. The molecular formula is C18H28N4O3. The number of rotatable bonds is 10. The first-order valence-corrected chi connectivity index (χ1v) is 9.11. The largest absolute Gasteiger partial charge is 0.493 e. The van der Waals surface area contributed by atoms with Gasteiger partial charge in [0.05, 0.1) is 37.8 Å². The second-order valence-electron chi connectivity index (χ2n) is 5.98. The molecule has 1 aliphatic heterocycles. The average Bonchev–Trinajstić information content (AvgIpc) is 2.64. The number of ether oxygens (including phenoxy) is 3. The van der Waals surface area contributed by atoms with E-state index in [4.69, 9.17) is 19.7 Å². The molecule has 0 bridgehead atoms. The van der Waals surface area contributed by atoms with Crippen molar-refractivity contribution in [3.05, 3.63) is 22.6 Å². The number of benzene rings is 1. The van der Waals surface area contributed by atoms with Crippen LogP contribution < -0.4 is 14.4 Å². The molecule has 138 valence electrons. The van der Waals surface area contributed by atoms with Crippen LogP contribution in [0.4, 0.5) is 11.4 Å². The maximum atomic E-state index is 8.87. The third-order valence-corrected chi connectivity index (χ3v) is 4.06. The molecule has 1 aliphatic rings. The number of hydrogen-bond donors (Lipinski definition) is 0. The molecule has 0 aliphatic carbocycles. The second-order valence-corrected chi connectivity index (χ2v) is 5.98. The van der Waals surface area contributed by atoms with Crippen molar-refractivity contribution in [2.75, 3.05) is 44.4 Å². The summed E-state index contributed by atoms with van der Waals surface area (Å²) in [6.07, 6.45) is 4.05. The Balaban J connectivity index is 2.32. The van der Waals surface area contributed by atoms with Crippen LogP contribution in [0.5, 0.6) is 11.5 Å². The molecule has 0 N–H and O–H groups in total. The van der Waals surface area contributed by atoms with Crippen LogP contribution in [0.2, 0.25) is 0 Å². The predicted molar refractivity (Wildman–Crippen MR) is 99.1 cm³/mol. The van der Waals surface area contributed by atoms with E-state index in [-0.39, 0.29) is 0 Å². The summed E-state index contributed by atoms with van der Waals surface area (Å²) in [4.78, 5) is 5.16. The molecule has 0 atom stereocenters. The minimum Gasteiger partial charge on any atom is -0.493 e. The Labute approximate surface area is 149 Å². The Hall–Kier alpha value is -2.11. The molecule has 25 heavy (non-hydrogen) atoms. The van der Waals surface area contributed by atoms with Gasteiger partial charge in [-0.2, -0.15) is 0 Å². The Bertz CT molecular complexity index is 582. The zero-order valence-corrected chi connectivity index (χ0v) is 15.2. The van der Waals surface area contributed by atoms with Crippen molar-refractivity contribution in [1.82, 2.24) is 0 Å². The van der Waals surface area contributed by atoms with Gasteiger partial charge in [0.1, 0.15) is 11.5 Å². The van der Waals surface area contributed by atoms with E-state index < -0.39 is 0 Å². The highest BCUT2D eigenvalue weighted by atomic mass is 16.5. The summed E-state index contributed by atoms with van der Waals surface area (Å²) >= 11 is 0. The SMILES string of the molecule is CCCCOc1cc(N2CCOCC2)c(OCCCC)cc1N=[N+]=[N-]. The molecular weight excluding hydrogens is 320 g/mol. The van der Waals surface area contributed by atoms with E-state index in [1.807, 2.05) is 6.07 Å². The van der Waals surface area contributed by atoms with Crippen LogP contribution in [0.3, 0.4) is 0 Å². The molecule has 1 aromatic rings. The minimum atomic E-state index is 0.474. The Morgan fingerprint density at radius 3 is 2.32 bits per heavy atom. The molecule has 1 heterocycles. The van der Waals surface area contributed by atoms with Crippen LogP contribution in [0.25, 0.3) is 10.4 Å². The average molecular weight is 348 g/mol. The quantitative estimate of drug-likeness (QED) is 0.263. The van der Waals surface area contributed by atoms with E-state index >= 15 is 0 Å². The minimum absolute atomic E-state index is 0.474. The van der Waals surface area contributed by atoms with Crippen molar-refractivity contribution >= 4 is 11.4 Å². The van der Waals surface area contributed by atoms with E-state index in [9.17, 15) is 0 Å². The van der Waals surface area contributed by atoms with Gasteiger partial charge in [-0.1, -0.05) is 31.8 Å². The molecule has 2 rings (SSSR count). The predicted octanol–water partition coefficient (Wildman–Crippen LogP) is 4.82. The molecule has 1 saturated heterocycles. The molecule has 7 nitrogen and oxygen atoms in total. The molecule has 1 aromatic carbocycles. The normalized spacial score (nSPS) is 14.1. The summed E-state index contributed by atoms with van der Waals surface area (Å²) in [5.41, 5.74) is 10.3. The Morgan fingerprint density at radius 1 is 1.08 bits per heavy atom. The maximum Gasteiger partial charge on any atom is 0.143 e. The number of anilines is 1. The first-order valence-electron chi connectivity index (χ1n) is 9.11. The van der Waals surface area contributed by atoms with Gasteiger partial charge < -0.3 is 19.1 Å². The van der Waals surface area contributed by atoms with Gasteiger partial charge in [0.15, 0.2) is 0 Å². The lowest BCUT2D eigenvalue weighted by Crippen LogP contribution is -2.36. The van der Waals surface area contributed by atoms with Gasteiger partial charge in [0, 0.05) is 24.1 Å². The fourth-order valence-corrected chi connectivity index (χ4v) is 2.60. The molecule has 0 aromatic heterocycles. The fraction of sp³-hybridized carbons (Fsp3) is 0.667. The van der Waals surface area contributed by atoms with Crippen LogP contribution in [0.1, 0.15) is 39.5 Å². The van der Waals surface area contributed by atoms with Crippen molar-refractivity contribution < 1.29 is 14.2 Å². The number of hydrogen-bond acceptors (Lipinski definition) is 5. The Kier molecular flexibility index (Phi) is 8.22. The number of azide groups is 1. The highest BCUT2D eigenvalue weighted by Crippen LogP contribution is 2.41. The highest BCUT2D eigenvalue weighted by Gasteiger charge is 2.19. The summed E-state index contributed by atoms with van der Waals surface area (Å²) in [6, 6.07) is 3.73. The Morgan fingerprint density at radius 2 is 1.72 bits per heavy atom. The van der Waals surface area contributed by atoms with E-state index in [0.29, 0.717) is 37.9 Å². The van der Waals surface area contributed by atoms with Crippen LogP contribution >= 0.6 is 0 Å². The van der Waals surface area contributed by atoms with Crippen LogP contribution in [0.15, 0.2) is 17.2 Å². The first kappa shape index (κ1) is 19.2. The number of unbranched alkanes of at least 4 members (excludes halogenated alkanes) is 2. The van der Waals surface area contributed by atoms with Crippen molar-refractivity contribution in [3.63, 3.8) is 0 Å². The summed E-state index contributed by atoms with van der Waals surface area (Å²) in [7, 11) is 0. The lowest BCUT2D eigenvalue weighted by molar-refractivity contribution is 0.122. The smallest absolute Gasteiger partial charge is 0.143 e. The molecule has 0 unspecified atom stereocenters. The summed E-state index contributed by atoms with van der Waals surface area (Å²) in [5, 5.41) is 3.79. The van der Waals surface area contributed by atoms with E-state index in [1.165, 1.54) is 0 Å².